The van der Waals surface area contributed by atoms with E-state index in [-0.39, 0.29) is 35.7 Å². The van der Waals surface area contributed by atoms with Crippen molar-refractivity contribution in [1.82, 2.24) is 0 Å². The SMILES string of the molecule is O=[N+]([O-])c1ccccc1CO[P+](=O)OCc1ccccc1[N+](=O)[O-]. The third-order valence-electron chi connectivity index (χ3n) is 3.03. The van der Waals surface area contributed by atoms with Crippen LogP contribution in [0, 0.1) is 20.2 Å². The molecule has 0 spiro atoms. The first-order valence-corrected chi connectivity index (χ1v) is 7.76. The highest BCUT2D eigenvalue weighted by Crippen LogP contribution is 2.31. The summed E-state index contributed by atoms with van der Waals surface area (Å²) in [6, 6.07) is 11.8. The minimum atomic E-state index is -2.59. The maximum Gasteiger partial charge on any atom is 0.698 e. The van der Waals surface area contributed by atoms with Gasteiger partial charge in [-0.25, -0.2) is 0 Å². The van der Waals surface area contributed by atoms with Gasteiger partial charge in [-0.05, 0) is 12.1 Å². The van der Waals surface area contributed by atoms with E-state index in [0.29, 0.717) is 0 Å². The van der Waals surface area contributed by atoms with Crippen LogP contribution in [0.4, 0.5) is 11.4 Å². The molecule has 0 amide bonds. The summed E-state index contributed by atoms with van der Waals surface area (Å²) in [6.45, 7) is -0.549. The number of benzene rings is 2. The van der Waals surface area contributed by atoms with Crippen LogP contribution >= 0.6 is 8.25 Å². The van der Waals surface area contributed by atoms with Gasteiger partial charge in [0.15, 0.2) is 0 Å². The molecule has 24 heavy (non-hydrogen) atoms. The number of hydrogen-bond donors (Lipinski definition) is 0. The summed E-state index contributed by atoms with van der Waals surface area (Å²) in [5.74, 6) is 0. The van der Waals surface area contributed by atoms with Crippen molar-refractivity contribution in [2.75, 3.05) is 0 Å². The topological polar surface area (TPSA) is 122 Å². The van der Waals surface area contributed by atoms with Gasteiger partial charge in [0, 0.05) is 16.7 Å². The molecule has 0 bridgehead atoms. The smallest absolute Gasteiger partial charge is 0.258 e. The Bertz CT molecular complexity index is 718. The van der Waals surface area contributed by atoms with Crippen molar-refractivity contribution in [3.63, 3.8) is 0 Å². The minimum Gasteiger partial charge on any atom is -0.258 e. The van der Waals surface area contributed by atoms with Crippen LogP contribution in [0.15, 0.2) is 48.5 Å². The van der Waals surface area contributed by atoms with E-state index in [9.17, 15) is 24.8 Å². The summed E-state index contributed by atoms with van der Waals surface area (Å²) in [5.41, 5.74) is 0.194. The molecule has 2 rings (SSSR count). The lowest BCUT2D eigenvalue weighted by atomic mass is 10.2. The zero-order valence-corrected chi connectivity index (χ0v) is 13.1. The molecule has 0 N–H and O–H groups in total. The lowest BCUT2D eigenvalue weighted by molar-refractivity contribution is -0.385. The number of para-hydroxylation sites is 2. The van der Waals surface area contributed by atoms with E-state index in [2.05, 4.69) is 0 Å². The Labute approximate surface area is 137 Å². The largest absolute Gasteiger partial charge is 0.698 e. The number of hydrogen-bond acceptors (Lipinski definition) is 7. The molecule has 0 radical (unpaired) electrons. The second kappa shape index (κ2) is 8.21. The Balaban J connectivity index is 1.93. The van der Waals surface area contributed by atoms with Crippen LogP contribution in [-0.4, -0.2) is 9.85 Å². The van der Waals surface area contributed by atoms with Crippen molar-refractivity contribution in [2.45, 2.75) is 13.2 Å². The van der Waals surface area contributed by atoms with E-state index in [1.165, 1.54) is 36.4 Å². The molecule has 0 fully saturated rings. The van der Waals surface area contributed by atoms with Crippen molar-refractivity contribution < 1.29 is 23.5 Å². The van der Waals surface area contributed by atoms with Gasteiger partial charge >= 0.3 is 8.25 Å². The zero-order chi connectivity index (χ0) is 17.5. The van der Waals surface area contributed by atoms with Crippen LogP contribution in [0.2, 0.25) is 0 Å². The Morgan fingerprint density at radius 3 is 1.54 bits per heavy atom. The fraction of sp³-hybridized carbons (Fsp3) is 0.143. The van der Waals surface area contributed by atoms with E-state index in [1.54, 1.807) is 12.1 Å². The van der Waals surface area contributed by atoms with Crippen LogP contribution in [0.5, 0.6) is 0 Å². The van der Waals surface area contributed by atoms with E-state index < -0.39 is 18.1 Å². The van der Waals surface area contributed by atoms with Crippen molar-refractivity contribution >= 4 is 19.6 Å². The predicted octanol–water partition coefficient (Wildman–Crippen LogP) is 3.89. The van der Waals surface area contributed by atoms with Gasteiger partial charge in [-0.3, -0.25) is 20.2 Å². The lowest BCUT2D eigenvalue weighted by Crippen LogP contribution is -1.97. The summed E-state index contributed by atoms with van der Waals surface area (Å²) in [4.78, 5) is 20.6. The van der Waals surface area contributed by atoms with Gasteiger partial charge in [0.05, 0.1) is 21.0 Å². The first-order valence-electron chi connectivity index (χ1n) is 6.66. The molecule has 0 heterocycles. The molecule has 0 unspecified atom stereocenters. The maximum absolute atomic E-state index is 11.7. The van der Waals surface area contributed by atoms with E-state index in [0.717, 1.165) is 0 Å². The molecular formula is C14H12N2O7P+. The Morgan fingerprint density at radius 1 is 0.792 bits per heavy atom. The average Bonchev–Trinajstić information content (AvgIpc) is 2.58. The van der Waals surface area contributed by atoms with Crippen molar-refractivity contribution in [3.05, 3.63) is 79.9 Å². The number of rotatable bonds is 8. The van der Waals surface area contributed by atoms with Gasteiger partial charge in [-0.15, -0.1) is 9.05 Å². The molecule has 9 nitrogen and oxygen atoms in total. The van der Waals surface area contributed by atoms with Crippen LogP contribution in [0.1, 0.15) is 11.1 Å². The van der Waals surface area contributed by atoms with E-state index in [4.69, 9.17) is 9.05 Å². The zero-order valence-electron chi connectivity index (χ0n) is 12.2. The molecule has 0 saturated heterocycles. The Kier molecular flexibility index (Phi) is 6.02. The van der Waals surface area contributed by atoms with Crippen LogP contribution in [0.25, 0.3) is 0 Å². The van der Waals surface area contributed by atoms with Gasteiger partial charge in [-0.2, -0.15) is 0 Å². The normalized spacial score (nSPS) is 10.3. The molecule has 2 aromatic rings. The molecule has 10 heteroatoms. The first-order chi connectivity index (χ1) is 11.5. The highest BCUT2D eigenvalue weighted by molar-refractivity contribution is 7.33. The van der Waals surface area contributed by atoms with Crippen molar-refractivity contribution in [3.8, 4) is 0 Å². The number of nitro groups is 2. The first kappa shape index (κ1) is 17.6. The van der Waals surface area contributed by atoms with Gasteiger partial charge in [-0.1, -0.05) is 24.3 Å². The third kappa shape index (κ3) is 4.63. The highest BCUT2D eigenvalue weighted by atomic mass is 31.1. The fourth-order valence-electron chi connectivity index (χ4n) is 1.90. The number of nitrogens with zero attached hydrogens (tertiary/aromatic N) is 2. The molecule has 0 aliphatic rings. The molecule has 0 aromatic heterocycles. The summed E-state index contributed by atoms with van der Waals surface area (Å²) in [5, 5.41) is 21.7. The molecule has 0 atom stereocenters. The quantitative estimate of drug-likeness (QED) is 0.401. The minimum absolute atomic E-state index is 0.153. The molecule has 0 aliphatic heterocycles. The van der Waals surface area contributed by atoms with Gasteiger partial charge in [0.25, 0.3) is 11.4 Å². The van der Waals surface area contributed by atoms with E-state index in [1.807, 2.05) is 0 Å². The summed E-state index contributed by atoms with van der Waals surface area (Å²) in [6.07, 6.45) is 0. The maximum atomic E-state index is 11.7. The summed E-state index contributed by atoms with van der Waals surface area (Å²) < 4.78 is 21.6. The molecule has 0 saturated carbocycles. The third-order valence-corrected chi connectivity index (χ3v) is 3.71. The van der Waals surface area contributed by atoms with Crippen LogP contribution in [0.3, 0.4) is 0 Å². The monoisotopic (exact) mass is 351 g/mol. The predicted molar refractivity (Wildman–Crippen MR) is 83.4 cm³/mol. The highest BCUT2D eigenvalue weighted by Gasteiger charge is 2.25. The second-order valence-corrected chi connectivity index (χ2v) is 5.51. The molecule has 2 aromatic carbocycles. The second-order valence-electron chi connectivity index (χ2n) is 4.54. The van der Waals surface area contributed by atoms with E-state index >= 15 is 0 Å². The summed E-state index contributed by atoms with van der Waals surface area (Å²) in [7, 11) is -2.59. The fourth-order valence-corrected chi connectivity index (χ4v) is 2.47. The van der Waals surface area contributed by atoms with Gasteiger partial charge in [0.2, 0.25) is 0 Å². The lowest BCUT2D eigenvalue weighted by Gasteiger charge is -1.99. The Morgan fingerprint density at radius 2 is 1.17 bits per heavy atom. The van der Waals surface area contributed by atoms with Crippen LogP contribution < -0.4 is 0 Å². The molecule has 124 valence electrons. The Hall–Kier alpha value is -2.74. The van der Waals surface area contributed by atoms with Gasteiger partial charge in [0.1, 0.15) is 13.2 Å². The van der Waals surface area contributed by atoms with Crippen molar-refractivity contribution in [1.29, 1.82) is 0 Å². The number of nitro benzene ring substituents is 2. The standard InChI is InChI=1S/C14H12N2O7P/c17-15(18)13-7-3-1-5-11(13)9-22-24(21)23-10-12-6-2-4-8-14(12)16(19)20/h1-8H,9-10H2/q+1. The molecular weight excluding hydrogens is 339 g/mol. The molecule has 0 aliphatic carbocycles. The van der Waals surface area contributed by atoms with Crippen molar-refractivity contribution in [2.24, 2.45) is 0 Å². The van der Waals surface area contributed by atoms with Gasteiger partial charge < -0.3 is 0 Å². The van der Waals surface area contributed by atoms with Crippen LogP contribution in [-0.2, 0) is 26.8 Å². The summed E-state index contributed by atoms with van der Waals surface area (Å²) >= 11 is 0. The average molecular weight is 351 g/mol.